The van der Waals surface area contributed by atoms with Crippen LogP contribution in [-0.2, 0) is 0 Å². The Hall–Kier alpha value is -0.460. The van der Waals surface area contributed by atoms with Gasteiger partial charge >= 0.3 is 0 Å². The van der Waals surface area contributed by atoms with Crippen molar-refractivity contribution in [2.75, 3.05) is 13.1 Å². The Bertz CT molecular complexity index is 95.6. The van der Waals surface area contributed by atoms with E-state index in [1.54, 1.807) is 0 Å². The van der Waals surface area contributed by atoms with Crippen LogP contribution in [0.2, 0.25) is 0 Å². The molecule has 3 heterocycles. The molecule has 0 saturated carbocycles. The highest BCUT2D eigenvalue weighted by molar-refractivity contribution is 4.98. The quantitative estimate of drug-likeness (QED) is 0.452. The molecule has 1 nitrogen and oxygen atoms in total. The van der Waals surface area contributed by atoms with Crippen molar-refractivity contribution in [3.8, 4) is 0 Å². The van der Waals surface area contributed by atoms with Gasteiger partial charge in [-0.25, -0.2) is 0 Å². The third kappa shape index (κ3) is 0.540. The summed E-state index contributed by atoms with van der Waals surface area (Å²) in [4.78, 5) is 2.40. The molecular weight excluding hydrogens is 98.1 g/mol. The topological polar surface area (TPSA) is 3.24 Å². The minimum Gasteiger partial charge on any atom is -0.378 e. The lowest BCUT2D eigenvalue weighted by Crippen LogP contribution is -2.32. The van der Waals surface area contributed by atoms with Gasteiger partial charge in [-0.2, -0.15) is 0 Å². The zero-order chi connectivity index (χ0) is 5.40. The van der Waals surface area contributed by atoms with Gasteiger partial charge in [-0.15, -0.1) is 0 Å². The first kappa shape index (κ1) is 4.42. The van der Waals surface area contributed by atoms with Crippen molar-refractivity contribution >= 4 is 0 Å². The molecule has 44 valence electrons. The molecule has 0 aliphatic carbocycles. The number of nitrogens with zero attached hydrogens (tertiary/aromatic N) is 1. The molecule has 2 bridgehead atoms. The second-order valence-corrected chi connectivity index (χ2v) is 2.71. The molecule has 8 heavy (non-hydrogen) atoms. The molecule has 0 aromatic carbocycles. The second kappa shape index (κ2) is 1.51. The van der Waals surface area contributed by atoms with E-state index in [-0.39, 0.29) is 0 Å². The molecule has 0 radical (unpaired) electrons. The van der Waals surface area contributed by atoms with E-state index in [4.69, 9.17) is 0 Å². The fourth-order valence-corrected chi connectivity index (χ4v) is 1.50. The van der Waals surface area contributed by atoms with Gasteiger partial charge in [-0.1, -0.05) is 6.08 Å². The van der Waals surface area contributed by atoms with E-state index in [0.29, 0.717) is 0 Å². The van der Waals surface area contributed by atoms with Gasteiger partial charge in [0, 0.05) is 13.1 Å². The van der Waals surface area contributed by atoms with Crippen molar-refractivity contribution in [3.05, 3.63) is 12.3 Å². The van der Waals surface area contributed by atoms with Crippen molar-refractivity contribution in [1.29, 1.82) is 0 Å². The predicted molar refractivity (Wildman–Crippen MR) is 33.4 cm³/mol. The van der Waals surface area contributed by atoms with E-state index in [9.17, 15) is 0 Å². The van der Waals surface area contributed by atoms with Crippen LogP contribution >= 0.6 is 0 Å². The van der Waals surface area contributed by atoms with Crippen LogP contribution in [0.4, 0.5) is 0 Å². The van der Waals surface area contributed by atoms with E-state index >= 15 is 0 Å². The van der Waals surface area contributed by atoms with Gasteiger partial charge in [0.05, 0.1) is 0 Å². The Kier molecular flexibility index (Phi) is 0.833. The summed E-state index contributed by atoms with van der Waals surface area (Å²) in [6.45, 7) is 2.61. The molecule has 1 saturated heterocycles. The summed E-state index contributed by atoms with van der Waals surface area (Å²) in [5, 5.41) is 0. The summed E-state index contributed by atoms with van der Waals surface area (Å²) in [5.41, 5.74) is 0. The smallest absolute Gasteiger partial charge is 0.0178 e. The minimum absolute atomic E-state index is 0.931. The SMILES string of the molecule is C1=CN2CCC1CC2. The van der Waals surface area contributed by atoms with Crippen molar-refractivity contribution in [2.45, 2.75) is 12.8 Å². The van der Waals surface area contributed by atoms with Crippen molar-refractivity contribution < 1.29 is 0 Å². The molecule has 0 aromatic heterocycles. The van der Waals surface area contributed by atoms with Gasteiger partial charge < -0.3 is 4.90 Å². The summed E-state index contributed by atoms with van der Waals surface area (Å²) in [6, 6.07) is 0. The van der Waals surface area contributed by atoms with Crippen LogP contribution in [0.3, 0.4) is 0 Å². The van der Waals surface area contributed by atoms with Crippen molar-refractivity contribution in [1.82, 2.24) is 4.90 Å². The first-order valence-corrected chi connectivity index (χ1v) is 3.37. The van der Waals surface area contributed by atoms with Crippen LogP contribution in [0.5, 0.6) is 0 Å². The minimum atomic E-state index is 0.931. The highest BCUT2D eigenvalue weighted by Gasteiger charge is 2.18. The highest BCUT2D eigenvalue weighted by Crippen LogP contribution is 2.23. The number of hydrogen-bond acceptors (Lipinski definition) is 1. The Balaban J connectivity index is 2.20. The number of hydrogen-bond donors (Lipinski definition) is 0. The van der Waals surface area contributed by atoms with Crippen molar-refractivity contribution in [2.24, 2.45) is 5.92 Å². The average Bonchev–Trinajstić information content (AvgIpc) is 1.92. The Morgan fingerprint density at radius 3 is 2.12 bits per heavy atom. The van der Waals surface area contributed by atoms with Gasteiger partial charge in [0.25, 0.3) is 0 Å². The number of fused-ring (bicyclic) bond motifs is 2. The maximum absolute atomic E-state index is 2.40. The van der Waals surface area contributed by atoms with Crippen molar-refractivity contribution in [3.63, 3.8) is 0 Å². The summed E-state index contributed by atoms with van der Waals surface area (Å²) in [5.74, 6) is 0.931. The molecule has 0 aromatic rings. The monoisotopic (exact) mass is 109 g/mol. The summed E-state index contributed by atoms with van der Waals surface area (Å²) in [6.07, 6.45) is 7.39. The number of allylic oxidation sites excluding steroid dienone is 1. The first-order valence-electron chi connectivity index (χ1n) is 3.37. The first-order chi connectivity index (χ1) is 3.95. The van der Waals surface area contributed by atoms with E-state index < -0.39 is 0 Å². The third-order valence-electron chi connectivity index (χ3n) is 2.14. The maximum atomic E-state index is 2.40. The molecule has 0 unspecified atom stereocenters. The molecule has 0 spiro atoms. The molecular formula is C7H11N. The molecule has 3 aliphatic rings. The molecule has 0 amide bonds. The number of piperidine rings is 1. The Morgan fingerprint density at radius 2 is 2.00 bits per heavy atom. The van der Waals surface area contributed by atoms with E-state index in [2.05, 4.69) is 17.2 Å². The zero-order valence-electron chi connectivity index (χ0n) is 5.01. The summed E-state index contributed by atoms with van der Waals surface area (Å²) < 4.78 is 0. The van der Waals surface area contributed by atoms with Gasteiger partial charge in [0.1, 0.15) is 0 Å². The van der Waals surface area contributed by atoms with Gasteiger partial charge in [0.15, 0.2) is 0 Å². The largest absolute Gasteiger partial charge is 0.378 e. The lowest BCUT2D eigenvalue weighted by atomic mass is 9.94. The zero-order valence-corrected chi connectivity index (χ0v) is 5.01. The average molecular weight is 109 g/mol. The van der Waals surface area contributed by atoms with Crippen LogP contribution in [0.15, 0.2) is 12.3 Å². The molecule has 3 aliphatic heterocycles. The molecule has 0 atom stereocenters. The predicted octanol–water partition coefficient (Wildman–Crippen LogP) is 1.23. The summed E-state index contributed by atoms with van der Waals surface area (Å²) >= 11 is 0. The Labute approximate surface area is 50.0 Å². The fourth-order valence-electron chi connectivity index (χ4n) is 1.50. The standard InChI is InChI=1S/C7H11N/c1-4-8-5-2-7(1)3-6-8/h1,4,7H,2-3,5-6H2. The number of rotatable bonds is 0. The Morgan fingerprint density at radius 1 is 1.25 bits per heavy atom. The lowest BCUT2D eigenvalue weighted by molar-refractivity contribution is 0.243. The normalized spacial score (nSPS) is 27.2. The van der Waals surface area contributed by atoms with E-state index in [0.717, 1.165) is 5.92 Å². The highest BCUT2D eigenvalue weighted by atomic mass is 15.1. The fraction of sp³-hybridized carbons (Fsp3) is 0.714. The third-order valence-corrected chi connectivity index (χ3v) is 2.14. The van der Waals surface area contributed by atoms with Crippen LogP contribution in [-0.4, -0.2) is 18.0 Å². The maximum Gasteiger partial charge on any atom is 0.0178 e. The van der Waals surface area contributed by atoms with Crippen LogP contribution in [0.25, 0.3) is 0 Å². The van der Waals surface area contributed by atoms with Gasteiger partial charge in [0.2, 0.25) is 0 Å². The molecule has 1 heteroatoms. The lowest BCUT2D eigenvalue weighted by Gasteiger charge is -2.34. The molecule has 1 fully saturated rings. The van der Waals surface area contributed by atoms with Gasteiger partial charge in [-0.05, 0) is 25.0 Å². The van der Waals surface area contributed by atoms with Crippen LogP contribution < -0.4 is 0 Å². The van der Waals surface area contributed by atoms with Crippen LogP contribution in [0.1, 0.15) is 12.8 Å². The van der Waals surface area contributed by atoms with Gasteiger partial charge in [-0.3, -0.25) is 0 Å². The van der Waals surface area contributed by atoms with E-state index in [1.165, 1.54) is 25.9 Å². The molecule has 3 rings (SSSR count). The van der Waals surface area contributed by atoms with Crippen LogP contribution in [0, 0.1) is 5.92 Å². The second-order valence-electron chi connectivity index (χ2n) is 2.71. The van der Waals surface area contributed by atoms with E-state index in [1.807, 2.05) is 0 Å². The molecule has 0 N–H and O–H groups in total. The summed E-state index contributed by atoms with van der Waals surface area (Å²) in [7, 11) is 0.